The Labute approximate surface area is 116 Å². The summed E-state index contributed by atoms with van der Waals surface area (Å²) >= 11 is 0. The third-order valence-corrected chi connectivity index (χ3v) is 4.18. The number of hydrogen-bond donors (Lipinski definition) is 2. The molecule has 0 amide bonds. The number of nitrogens with two attached hydrogens (primary N) is 1. The predicted octanol–water partition coefficient (Wildman–Crippen LogP) is 0.662. The van der Waals surface area contributed by atoms with Crippen LogP contribution in [0.25, 0.3) is 0 Å². The van der Waals surface area contributed by atoms with E-state index in [1.54, 1.807) is 24.0 Å². The highest BCUT2D eigenvalue weighted by molar-refractivity contribution is 7.89. The van der Waals surface area contributed by atoms with E-state index in [1.807, 2.05) is 0 Å². The van der Waals surface area contributed by atoms with E-state index in [-0.39, 0.29) is 12.2 Å². The Bertz CT molecular complexity index is 712. The van der Waals surface area contributed by atoms with Crippen molar-refractivity contribution in [2.45, 2.75) is 11.3 Å². The van der Waals surface area contributed by atoms with E-state index in [9.17, 15) is 12.8 Å². The molecule has 2 aromatic rings. The van der Waals surface area contributed by atoms with Gasteiger partial charge in [0.2, 0.25) is 10.0 Å². The lowest BCUT2D eigenvalue weighted by Crippen LogP contribution is -2.27. The number of rotatable bonds is 5. The number of aromatic nitrogens is 2. The number of benzene rings is 1. The Hall–Kier alpha value is -1.93. The summed E-state index contributed by atoms with van der Waals surface area (Å²) in [5.74, 6) is -0.865. The Morgan fingerprint density at radius 2 is 2.15 bits per heavy atom. The maximum atomic E-state index is 13.6. The van der Waals surface area contributed by atoms with Crippen LogP contribution in [0.1, 0.15) is 5.69 Å². The van der Waals surface area contributed by atoms with Crippen LogP contribution < -0.4 is 10.5 Å². The number of hydrogen-bond acceptors (Lipinski definition) is 4. The number of aryl methyl sites for hydroxylation is 1. The number of nitrogens with zero attached hydrogens (tertiary/aromatic N) is 2. The van der Waals surface area contributed by atoms with Crippen molar-refractivity contribution in [3.63, 3.8) is 0 Å². The molecule has 0 spiro atoms. The van der Waals surface area contributed by atoms with Crippen LogP contribution in [0, 0.1) is 5.82 Å². The second-order valence-corrected chi connectivity index (χ2v) is 6.05. The number of anilines is 1. The van der Waals surface area contributed by atoms with Gasteiger partial charge in [-0.1, -0.05) is 0 Å². The summed E-state index contributed by atoms with van der Waals surface area (Å²) in [7, 11) is -2.11. The summed E-state index contributed by atoms with van der Waals surface area (Å²) < 4.78 is 41.4. The van der Waals surface area contributed by atoms with Gasteiger partial charge >= 0.3 is 0 Å². The van der Waals surface area contributed by atoms with Gasteiger partial charge in [-0.2, -0.15) is 5.10 Å². The van der Waals surface area contributed by atoms with Crippen LogP contribution in [-0.4, -0.2) is 24.7 Å². The van der Waals surface area contributed by atoms with E-state index < -0.39 is 20.7 Å². The Kier molecular flexibility index (Phi) is 4.05. The first kappa shape index (κ1) is 14.5. The lowest BCUT2D eigenvalue weighted by molar-refractivity contribution is 0.557. The lowest BCUT2D eigenvalue weighted by Gasteiger charge is -2.07. The average molecular weight is 298 g/mol. The number of nitrogens with one attached hydrogen (secondary N) is 1. The van der Waals surface area contributed by atoms with E-state index in [1.165, 1.54) is 6.07 Å². The third kappa shape index (κ3) is 3.34. The van der Waals surface area contributed by atoms with Crippen molar-refractivity contribution in [1.29, 1.82) is 0 Å². The summed E-state index contributed by atoms with van der Waals surface area (Å²) in [5.41, 5.74) is 6.32. The third-order valence-electron chi connectivity index (χ3n) is 2.69. The van der Waals surface area contributed by atoms with Crippen molar-refractivity contribution in [3.8, 4) is 0 Å². The molecule has 0 saturated carbocycles. The second kappa shape index (κ2) is 5.59. The fraction of sp³-hybridized carbons (Fsp3) is 0.250. The minimum Gasteiger partial charge on any atom is -0.399 e. The second-order valence-electron chi connectivity index (χ2n) is 4.32. The normalized spacial score (nSPS) is 11.7. The number of halogens is 1. The van der Waals surface area contributed by atoms with Crippen LogP contribution in [0.3, 0.4) is 0 Å². The highest BCUT2D eigenvalue weighted by atomic mass is 32.2. The molecule has 3 N–H and O–H groups in total. The van der Waals surface area contributed by atoms with Gasteiger partial charge < -0.3 is 5.73 Å². The standard InChI is InChI=1S/C12H15FN4O2S/c1-17-7-5-10(16-17)4-6-15-20(18,19)12-3-2-9(14)8-11(12)13/h2-3,5,7-8,15H,4,6,14H2,1H3. The first-order valence-corrected chi connectivity index (χ1v) is 7.40. The summed E-state index contributed by atoms with van der Waals surface area (Å²) in [6, 6.07) is 5.26. The molecule has 0 fully saturated rings. The first-order chi connectivity index (χ1) is 9.38. The van der Waals surface area contributed by atoms with Gasteiger partial charge in [0.1, 0.15) is 10.7 Å². The molecule has 0 radical (unpaired) electrons. The molecular weight excluding hydrogens is 283 g/mol. The number of nitrogen functional groups attached to an aromatic ring is 1. The molecule has 0 saturated heterocycles. The minimum atomic E-state index is -3.89. The van der Waals surface area contributed by atoms with Gasteiger partial charge in [0.05, 0.1) is 5.69 Å². The highest BCUT2D eigenvalue weighted by Gasteiger charge is 2.18. The largest absolute Gasteiger partial charge is 0.399 e. The van der Waals surface area contributed by atoms with Crippen molar-refractivity contribution in [1.82, 2.24) is 14.5 Å². The van der Waals surface area contributed by atoms with Gasteiger partial charge in [-0.3, -0.25) is 4.68 Å². The van der Waals surface area contributed by atoms with Crippen LogP contribution in [0.15, 0.2) is 35.4 Å². The zero-order valence-corrected chi connectivity index (χ0v) is 11.7. The van der Waals surface area contributed by atoms with E-state index in [2.05, 4.69) is 9.82 Å². The lowest BCUT2D eigenvalue weighted by atomic mass is 10.3. The molecule has 108 valence electrons. The summed E-state index contributed by atoms with van der Waals surface area (Å²) in [6.45, 7) is 0.142. The quantitative estimate of drug-likeness (QED) is 0.794. The van der Waals surface area contributed by atoms with Crippen molar-refractivity contribution in [2.75, 3.05) is 12.3 Å². The monoisotopic (exact) mass is 298 g/mol. The van der Waals surface area contributed by atoms with Crippen LogP contribution >= 0.6 is 0 Å². The van der Waals surface area contributed by atoms with Crippen LogP contribution in [0.4, 0.5) is 10.1 Å². The molecule has 1 aromatic carbocycles. The maximum absolute atomic E-state index is 13.6. The highest BCUT2D eigenvalue weighted by Crippen LogP contribution is 2.16. The van der Waals surface area contributed by atoms with Gasteiger partial charge in [-0.25, -0.2) is 17.5 Å². The van der Waals surface area contributed by atoms with Crippen molar-refractivity contribution in [3.05, 3.63) is 42.0 Å². The Balaban J connectivity index is 2.04. The van der Waals surface area contributed by atoms with Crippen molar-refractivity contribution in [2.24, 2.45) is 7.05 Å². The molecule has 0 aliphatic carbocycles. The molecule has 1 aromatic heterocycles. The Morgan fingerprint density at radius 1 is 1.40 bits per heavy atom. The number of sulfonamides is 1. The topological polar surface area (TPSA) is 90.0 Å². The molecule has 0 aliphatic rings. The summed E-state index contributed by atoms with van der Waals surface area (Å²) in [5, 5.41) is 4.12. The first-order valence-electron chi connectivity index (χ1n) is 5.92. The zero-order valence-electron chi connectivity index (χ0n) is 10.9. The Morgan fingerprint density at radius 3 is 2.75 bits per heavy atom. The van der Waals surface area contributed by atoms with Gasteiger partial charge in [-0.05, 0) is 24.3 Å². The fourth-order valence-electron chi connectivity index (χ4n) is 1.72. The van der Waals surface area contributed by atoms with E-state index in [0.29, 0.717) is 6.42 Å². The minimum absolute atomic E-state index is 0.142. The molecule has 1 heterocycles. The summed E-state index contributed by atoms with van der Waals surface area (Å²) in [6.07, 6.45) is 2.19. The molecule has 0 bridgehead atoms. The predicted molar refractivity (Wildman–Crippen MR) is 72.9 cm³/mol. The molecule has 2 rings (SSSR count). The summed E-state index contributed by atoms with van der Waals surface area (Å²) in [4.78, 5) is -0.410. The van der Waals surface area contributed by atoms with E-state index >= 15 is 0 Å². The van der Waals surface area contributed by atoms with Crippen LogP contribution in [0.5, 0.6) is 0 Å². The SMILES string of the molecule is Cn1ccc(CCNS(=O)(=O)c2ccc(N)cc2F)n1. The van der Waals surface area contributed by atoms with Gasteiger partial charge in [0.25, 0.3) is 0 Å². The maximum Gasteiger partial charge on any atom is 0.243 e. The van der Waals surface area contributed by atoms with E-state index in [0.717, 1.165) is 17.8 Å². The zero-order chi connectivity index (χ0) is 14.8. The molecule has 0 aliphatic heterocycles. The molecule has 20 heavy (non-hydrogen) atoms. The van der Waals surface area contributed by atoms with E-state index in [4.69, 9.17) is 5.73 Å². The van der Waals surface area contributed by atoms with Crippen molar-refractivity contribution >= 4 is 15.7 Å². The molecule has 8 heteroatoms. The molecular formula is C12H15FN4O2S. The van der Waals surface area contributed by atoms with Crippen LogP contribution in [-0.2, 0) is 23.5 Å². The smallest absolute Gasteiger partial charge is 0.243 e. The van der Waals surface area contributed by atoms with Crippen LogP contribution in [0.2, 0.25) is 0 Å². The fourth-order valence-corrected chi connectivity index (χ4v) is 2.81. The molecule has 6 nitrogen and oxygen atoms in total. The van der Waals surface area contributed by atoms with Crippen molar-refractivity contribution < 1.29 is 12.8 Å². The average Bonchev–Trinajstić information content (AvgIpc) is 2.74. The van der Waals surface area contributed by atoms with Gasteiger partial charge in [0, 0.05) is 31.9 Å². The molecule has 0 unspecified atom stereocenters. The van der Waals surface area contributed by atoms with Gasteiger partial charge in [0.15, 0.2) is 0 Å². The van der Waals surface area contributed by atoms with Gasteiger partial charge in [-0.15, -0.1) is 0 Å². The molecule has 0 atom stereocenters.